The molecule has 0 saturated carbocycles. The van der Waals surface area contributed by atoms with Gasteiger partial charge in [-0.1, -0.05) is 24.3 Å². The lowest BCUT2D eigenvalue weighted by Gasteiger charge is -2.12. The molecule has 130 valence electrons. The van der Waals surface area contributed by atoms with Crippen molar-refractivity contribution in [2.75, 3.05) is 5.32 Å². The van der Waals surface area contributed by atoms with Crippen LogP contribution in [0.25, 0.3) is 10.9 Å². The summed E-state index contributed by atoms with van der Waals surface area (Å²) in [6.07, 6.45) is 1.51. The van der Waals surface area contributed by atoms with E-state index in [2.05, 4.69) is 20.0 Å². The van der Waals surface area contributed by atoms with Gasteiger partial charge in [-0.05, 0) is 43.7 Å². The number of aromatic nitrogens is 2. The van der Waals surface area contributed by atoms with E-state index in [1.54, 1.807) is 32.0 Å². The van der Waals surface area contributed by atoms with Crippen molar-refractivity contribution in [3.8, 4) is 0 Å². The van der Waals surface area contributed by atoms with Crippen molar-refractivity contribution in [1.82, 2.24) is 14.7 Å². The van der Waals surface area contributed by atoms with E-state index in [1.165, 1.54) is 6.33 Å². The first-order chi connectivity index (χ1) is 12.0. The van der Waals surface area contributed by atoms with Crippen molar-refractivity contribution >= 4 is 26.7 Å². The lowest BCUT2D eigenvalue weighted by Crippen LogP contribution is -2.30. The van der Waals surface area contributed by atoms with Gasteiger partial charge in [-0.3, -0.25) is 0 Å². The fourth-order valence-electron chi connectivity index (χ4n) is 2.53. The van der Waals surface area contributed by atoms with Crippen molar-refractivity contribution in [3.05, 3.63) is 60.4 Å². The average Bonchev–Trinajstić information content (AvgIpc) is 2.59. The number of anilines is 1. The highest BCUT2D eigenvalue weighted by Crippen LogP contribution is 2.19. The lowest BCUT2D eigenvalue weighted by molar-refractivity contribution is 0.569. The van der Waals surface area contributed by atoms with Gasteiger partial charge in [-0.25, -0.2) is 23.1 Å². The van der Waals surface area contributed by atoms with Crippen LogP contribution in [0.2, 0.25) is 0 Å². The Labute approximate surface area is 147 Å². The topological polar surface area (TPSA) is 84.0 Å². The maximum Gasteiger partial charge on any atom is 0.240 e. The largest absolute Gasteiger partial charge is 0.365 e. The SMILES string of the molecule is CC(C)NS(=O)(=O)c1cccc(CNc2ncnc3ccccc23)c1. The minimum atomic E-state index is -3.50. The summed E-state index contributed by atoms with van der Waals surface area (Å²) in [5.74, 6) is 0.721. The van der Waals surface area contributed by atoms with Gasteiger partial charge in [0.25, 0.3) is 0 Å². The van der Waals surface area contributed by atoms with Crippen LogP contribution in [0.15, 0.2) is 59.8 Å². The Morgan fingerprint density at radius 2 is 1.84 bits per heavy atom. The molecule has 0 amide bonds. The second-order valence-corrected chi connectivity index (χ2v) is 7.73. The molecule has 0 atom stereocenters. The summed E-state index contributed by atoms with van der Waals surface area (Å²) in [6.45, 7) is 4.05. The molecule has 0 fully saturated rings. The number of para-hydroxylation sites is 1. The van der Waals surface area contributed by atoms with Crippen LogP contribution in [0.1, 0.15) is 19.4 Å². The number of rotatable bonds is 6. The molecule has 2 N–H and O–H groups in total. The van der Waals surface area contributed by atoms with Crippen LogP contribution in [0.4, 0.5) is 5.82 Å². The van der Waals surface area contributed by atoms with Gasteiger partial charge in [-0.15, -0.1) is 0 Å². The molecule has 0 bridgehead atoms. The standard InChI is InChI=1S/C18H20N4O2S/c1-13(2)22-25(23,24)15-7-5-6-14(10-15)11-19-18-16-8-3-4-9-17(16)20-12-21-18/h3-10,12-13,22H,11H2,1-2H3,(H,19,20,21). The quantitative estimate of drug-likeness (QED) is 0.709. The number of fused-ring (bicyclic) bond motifs is 1. The first-order valence-electron chi connectivity index (χ1n) is 8.00. The van der Waals surface area contributed by atoms with Gasteiger partial charge >= 0.3 is 0 Å². The van der Waals surface area contributed by atoms with E-state index in [4.69, 9.17) is 0 Å². The first-order valence-corrected chi connectivity index (χ1v) is 9.49. The zero-order valence-corrected chi connectivity index (χ0v) is 14.9. The third-order valence-corrected chi connectivity index (χ3v) is 5.26. The van der Waals surface area contributed by atoms with Gasteiger partial charge < -0.3 is 5.32 Å². The molecule has 25 heavy (non-hydrogen) atoms. The van der Waals surface area contributed by atoms with Crippen LogP contribution in [0.5, 0.6) is 0 Å². The molecule has 3 aromatic rings. The summed E-state index contributed by atoms with van der Waals surface area (Å²) in [5.41, 5.74) is 1.71. The molecular formula is C18H20N4O2S. The predicted molar refractivity (Wildman–Crippen MR) is 98.8 cm³/mol. The summed E-state index contributed by atoms with van der Waals surface area (Å²) in [4.78, 5) is 8.77. The van der Waals surface area contributed by atoms with Gasteiger partial charge in [0.1, 0.15) is 12.1 Å². The highest BCUT2D eigenvalue weighted by molar-refractivity contribution is 7.89. The Bertz CT molecular complexity index is 982. The molecule has 2 aromatic carbocycles. The number of sulfonamides is 1. The van der Waals surface area contributed by atoms with E-state index in [0.29, 0.717) is 6.54 Å². The van der Waals surface area contributed by atoms with Crippen molar-refractivity contribution < 1.29 is 8.42 Å². The van der Waals surface area contributed by atoms with Gasteiger partial charge in [-0.2, -0.15) is 0 Å². The van der Waals surface area contributed by atoms with E-state index in [1.807, 2.05) is 30.3 Å². The summed E-state index contributed by atoms with van der Waals surface area (Å²) < 4.78 is 27.2. The predicted octanol–water partition coefficient (Wildman–Crippen LogP) is 2.93. The van der Waals surface area contributed by atoms with E-state index in [-0.39, 0.29) is 10.9 Å². The smallest absolute Gasteiger partial charge is 0.240 e. The lowest BCUT2D eigenvalue weighted by atomic mass is 10.2. The van der Waals surface area contributed by atoms with Crippen molar-refractivity contribution in [2.45, 2.75) is 31.3 Å². The molecule has 0 unspecified atom stereocenters. The second-order valence-electron chi connectivity index (χ2n) is 6.02. The zero-order valence-electron chi connectivity index (χ0n) is 14.1. The molecule has 6 nitrogen and oxygen atoms in total. The fraction of sp³-hybridized carbons (Fsp3) is 0.222. The van der Waals surface area contributed by atoms with E-state index >= 15 is 0 Å². The minimum absolute atomic E-state index is 0.154. The van der Waals surface area contributed by atoms with E-state index in [9.17, 15) is 8.42 Å². The Morgan fingerprint density at radius 1 is 1.04 bits per heavy atom. The molecule has 0 saturated heterocycles. The van der Waals surface area contributed by atoms with Crippen LogP contribution < -0.4 is 10.0 Å². The van der Waals surface area contributed by atoms with Crippen LogP contribution in [-0.4, -0.2) is 24.4 Å². The maximum absolute atomic E-state index is 12.3. The Morgan fingerprint density at radius 3 is 2.64 bits per heavy atom. The molecule has 0 aliphatic carbocycles. The highest BCUT2D eigenvalue weighted by Gasteiger charge is 2.15. The number of hydrogen-bond acceptors (Lipinski definition) is 5. The van der Waals surface area contributed by atoms with Gasteiger partial charge in [0, 0.05) is 18.0 Å². The highest BCUT2D eigenvalue weighted by atomic mass is 32.2. The first kappa shape index (κ1) is 17.3. The van der Waals surface area contributed by atoms with Crippen LogP contribution in [0, 0.1) is 0 Å². The number of nitrogens with zero attached hydrogens (tertiary/aromatic N) is 2. The monoisotopic (exact) mass is 356 g/mol. The van der Waals surface area contributed by atoms with Crippen LogP contribution >= 0.6 is 0 Å². The van der Waals surface area contributed by atoms with Gasteiger partial charge in [0.15, 0.2) is 0 Å². The number of hydrogen-bond donors (Lipinski definition) is 2. The average molecular weight is 356 g/mol. The van der Waals surface area contributed by atoms with Crippen LogP contribution in [0.3, 0.4) is 0 Å². The summed E-state index contributed by atoms with van der Waals surface area (Å²) in [7, 11) is -3.50. The Hall–Kier alpha value is -2.51. The summed E-state index contributed by atoms with van der Waals surface area (Å²) >= 11 is 0. The molecular weight excluding hydrogens is 336 g/mol. The normalized spacial score (nSPS) is 11.8. The summed E-state index contributed by atoms with van der Waals surface area (Å²) in [6, 6.07) is 14.5. The molecule has 0 aliphatic rings. The van der Waals surface area contributed by atoms with E-state index < -0.39 is 10.0 Å². The molecule has 3 rings (SSSR count). The molecule has 1 heterocycles. The van der Waals surface area contributed by atoms with Gasteiger partial charge in [0.05, 0.1) is 10.4 Å². The third-order valence-electron chi connectivity index (χ3n) is 3.60. The van der Waals surface area contributed by atoms with E-state index in [0.717, 1.165) is 22.3 Å². The molecule has 0 aliphatic heterocycles. The van der Waals surface area contributed by atoms with Crippen molar-refractivity contribution in [1.29, 1.82) is 0 Å². The molecule has 0 radical (unpaired) electrons. The maximum atomic E-state index is 12.3. The Kier molecular flexibility index (Phi) is 4.96. The fourth-order valence-corrected chi connectivity index (χ4v) is 3.85. The number of nitrogens with one attached hydrogen (secondary N) is 2. The molecule has 7 heteroatoms. The number of benzene rings is 2. The Balaban J connectivity index is 1.81. The van der Waals surface area contributed by atoms with Crippen molar-refractivity contribution in [2.24, 2.45) is 0 Å². The van der Waals surface area contributed by atoms with Gasteiger partial charge in [0.2, 0.25) is 10.0 Å². The van der Waals surface area contributed by atoms with Crippen LogP contribution in [-0.2, 0) is 16.6 Å². The molecule has 1 aromatic heterocycles. The molecule has 0 spiro atoms. The van der Waals surface area contributed by atoms with Crippen molar-refractivity contribution in [3.63, 3.8) is 0 Å². The second kappa shape index (κ2) is 7.16. The minimum Gasteiger partial charge on any atom is -0.365 e. The summed E-state index contributed by atoms with van der Waals surface area (Å²) in [5, 5.41) is 4.18. The third kappa shape index (κ3) is 4.12. The zero-order chi connectivity index (χ0) is 17.9.